The lowest BCUT2D eigenvalue weighted by Crippen LogP contribution is -2.29. The van der Waals surface area contributed by atoms with Gasteiger partial charge in [-0.25, -0.2) is 14.4 Å². The largest absolute Gasteiger partial charge is 0.519 e. The van der Waals surface area contributed by atoms with Crippen molar-refractivity contribution in [3.63, 3.8) is 0 Å². The molecule has 6 rings (SSSR count). The van der Waals surface area contributed by atoms with Crippen LogP contribution >= 0.6 is 0 Å². The Labute approximate surface area is 341 Å². The van der Waals surface area contributed by atoms with Crippen molar-refractivity contribution in [1.82, 2.24) is 9.55 Å². The first-order valence-corrected chi connectivity index (χ1v) is 19.1. The Kier molecular flexibility index (Phi) is 14.8. The van der Waals surface area contributed by atoms with Crippen LogP contribution in [0.2, 0.25) is 0 Å². The highest BCUT2D eigenvalue weighted by molar-refractivity contribution is 5.92. The fourth-order valence-electron chi connectivity index (χ4n) is 5.35. The topological polar surface area (TPSA) is 127 Å². The van der Waals surface area contributed by atoms with E-state index in [4.69, 9.17) is 23.7 Å². The molecule has 0 aliphatic carbocycles. The normalized spacial score (nSPS) is 11.4. The Morgan fingerprint density at radius 1 is 0.569 bits per heavy atom. The van der Waals surface area contributed by atoms with Gasteiger partial charge in [-0.3, -0.25) is 4.57 Å². The minimum Gasteiger partial charge on any atom is -0.489 e. The summed E-state index contributed by atoms with van der Waals surface area (Å²) in [4.78, 5) is 37.6. The first kappa shape index (κ1) is 44.5. The molecule has 2 aromatic heterocycles. The highest BCUT2D eigenvalue weighted by Crippen LogP contribution is 2.27. The number of aromatic nitrogens is 2. The van der Waals surface area contributed by atoms with Crippen LogP contribution in [-0.2, 0) is 32.2 Å². The molecule has 0 fully saturated rings. The number of carbonyl (C=O) groups excluding carboxylic acids is 3. The monoisotopic (exact) mass is 792 g/mol. The van der Waals surface area contributed by atoms with E-state index in [1.165, 1.54) is 16.5 Å². The van der Waals surface area contributed by atoms with Gasteiger partial charge in [0.05, 0.1) is 5.52 Å². The van der Waals surface area contributed by atoms with Crippen LogP contribution < -0.4 is 9.47 Å². The summed E-state index contributed by atoms with van der Waals surface area (Å²) in [5, 5.41) is 2.21. The molecule has 11 heteroatoms. The van der Waals surface area contributed by atoms with Gasteiger partial charge in [-0.1, -0.05) is 60.7 Å². The van der Waals surface area contributed by atoms with Crippen molar-refractivity contribution in [2.24, 2.45) is 0 Å². The van der Waals surface area contributed by atoms with Gasteiger partial charge in [0.1, 0.15) is 41.5 Å². The van der Waals surface area contributed by atoms with Crippen LogP contribution in [0.15, 0.2) is 109 Å². The van der Waals surface area contributed by atoms with Crippen LogP contribution in [0.25, 0.3) is 21.8 Å². The quantitative estimate of drug-likeness (QED) is 0.0995. The van der Waals surface area contributed by atoms with Gasteiger partial charge >= 0.3 is 18.4 Å². The molecule has 11 nitrogen and oxygen atoms in total. The Balaban J connectivity index is 0.000000201. The van der Waals surface area contributed by atoms with Crippen LogP contribution in [0.3, 0.4) is 0 Å². The molecule has 0 radical (unpaired) electrons. The number of rotatable bonds is 6. The molecule has 308 valence electrons. The van der Waals surface area contributed by atoms with Crippen molar-refractivity contribution in [1.29, 1.82) is 0 Å². The molecule has 0 amide bonds. The molecule has 0 saturated carbocycles. The fraction of sp³-hybridized carbons (Fsp3) is 0.340. The highest BCUT2D eigenvalue weighted by Gasteiger charge is 2.24. The van der Waals surface area contributed by atoms with Crippen LogP contribution in [-0.4, -0.2) is 44.8 Å². The lowest BCUT2D eigenvalue weighted by Gasteiger charge is -2.20. The summed E-state index contributed by atoms with van der Waals surface area (Å²) in [5.41, 5.74) is 4.60. The summed E-state index contributed by atoms with van der Waals surface area (Å²) in [7, 11) is 0. The van der Waals surface area contributed by atoms with Crippen molar-refractivity contribution in [2.45, 2.75) is 106 Å². The molecule has 4 aromatic carbocycles. The van der Waals surface area contributed by atoms with E-state index in [9.17, 15) is 14.4 Å². The number of aromatic amines is 1. The van der Waals surface area contributed by atoms with Crippen LogP contribution in [0.4, 0.5) is 14.4 Å². The maximum atomic E-state index is 12.4. The molecule has 0 atom stereocenters. The summed E-state index contributed by atoms with van der Waals surface area (Å²) in [5.74, 6) is 1.69. The maximum absolute atomic E-state index is 12.4. The number of aryl methyl sites for hydroxylation is 2. The number of nitrogens with zero attached hydrogens (tertiary/aromatic N) is 1. The third-order valence-corrected chi connectivity index (χ3v) is 7.87. The molecule has 6 aromatic rings. The van der Waals surface area contributed by atoms with Crippen LogP contribution in [0.1, 0.15) is 84.6 Å². The second-order valence-corrected chi connectivity index (χ2v) is 16.6. The van der Waals surface area contributed by atoms with E-state index in [1.54, 1.807) is 52.3 Å². The molecule has 0 unspecified atom stereocenters. The van der Waals surface area contributed by atoms with E-state index < -0.39 is 29.1 Å². The zero-order valence-corrected chi connectivity index (χ0v) is 35.4. The average molecular weight is 793 g/mol. The number of fused-ring (bicyclic) bond motifs is 2. The lowest BCUT2D eigenvalue weighted by molar-refractivity contribution is -0.0294. The zero-order valence-electron chi connectivity index (χ0n) is 35.4. The Morgan fingerprint density at radius 3 is 1.52 bits per heavy atom. The predicted octanol–water partition coefficient (Wildman–Crippen LogP) is 12.2. The first-order chi connectivity index (χ1) is 27.2. The number of benzene rings is 4. The molecule has 1 N–H and O–H groups in total. The summed E-state index contributed by atoms with van der Waals surface area (Å²) in [6, 6.07) is 32.1. The molecule has 0 aliphatic heterocycles. The smallest absolute Gasteiger partial charge is 0.489 e. The minimum atomic E-state index is -1.06. The van der Waals surface area contributed by atoms with Gasteiger partial charge in [-0.15, -0.1) is 0 Å². The Hall–Kier alpha value is -6.23. The van der Waals surface area contributed by atoms with Gasteiger partial charge in [-0.2, -0.15) is 0 Å². The zero-order chi connectivity index (χ0) is 42.7. The van der Waals surface area contributed by atoms with Gasteiger partial charge < -0.3 is 33.4 Å². The summed E-state index contributed by atoms with van der Waals surface area (Å²) >= 11 is 0. The predicted molar refractivity (Wildman–Crippen MR) is 226 cm³/mol. The number of carbonyl (C=O) groups is 3. The van der Waals surface area contributed by atoms with Crippen molar-refractivity contribution in [3.8, 4) is 11.5 Å². The molecule has 58 heavy (non-hydrogen) atoms. The average Bonchev–Trinajstić information content (AvgIpc) is 3.67. The second kappa shape index (κ2) is 19.3. The van der Waals surface area contributed by atoms with Gasteiger partial charge in [0, 0.05) is 28.7 Å². The summed E-state index contributed by atoms with van der Waals surface area (Å²) in [6.07, 6.45) is 1.34. The third-order valence-electron chi connectivity index (χ3n) is 7.87. The summed E-state index contributed by atoms with van der Waals surface area (Å²) in [6.45, 7) is 20.8. The van der Waals surface area contributed by atoms with E-state index in [0.29, 0.717) is 13.2 Å². The lowest BCUT2D eigenvalue weighted by atomic mass is 10.2. The van der Waals surface area contributed by atoms with Gasteiger partial charge in [0.15, 0.2) is 0 Å². The van der Waals surface area contributed by atoms with Crippen LogP contribution in [0, 0.1) is 13.8 Å². The van der Waals surface area contributed by atoms with E-state index in [0.717, 1.165) is 39.0 Å². The molecular formula is C47H56N2O9. The van der Waals surface area contributed by atoms with E-state index >= 15 is 0 Å². The number of H-pyrrole nitrogens is 1. The van der Waals surface area contributed by atoms with Gasteiger partial charge in [0.25, 0.3) is 0 Å². The number of hydrogen-bond donors (Lipinski definition) is 1. The van der Waals surface area contributed by atoms with Gasteiger partial charge in [-0.05, 0) is 135 Å². The van der Waals surface area contributed by atoms with Gasteiger partial charge in [0.2, 0.25) is 0 Å². The van der Waals surface area contributed by atoms with Crippen molar-refractivity contribution >= 4 is 40.2 Å². The Morgan fingerprint density at radius 2 is 1.03 bits per heavy atom. The van der Waals surface area contributed by atoms with E-state index in [-0.39, 0.29) is 6.09 Å². The fourth-order valence-corrected chi connectivity index (χ4v) is 5.35. The SMILES string of the molecule is CC(C)(C)OC(=O)OC(=O)OC(C)(C)C.Cc1c[nH]c2ccc(OCc3ccccc3)cc12.Cc1cn(C(=O)OC(C)(C)C)c2ccc(OCc3ccccc3)cc12. The van der Waals surface area contributed by atoms with Crippen molar-refractivity contribution < 1.29 is 42.8 Å². The number of nitrogens with one attached hydrogen (secondary N) is 1. The highest BCUT2D eigenvalue weighted by atomic mass is 16.8. The van der Waals surface area contributed by atoms with E-state index in [2.05, 4.69) is 40.9 Å². The molecule has 0 spiro atoms. The Bertz CT molecular complexity index is 2240. The van der Waals surface area contributed by atoms with Crippen molar-refractivity contribution in [2.75, 3.05) is 0 Å². The minimum absolute atomic E-state index is 0.372. The second-order valence-electron chi connectivity index (χ2n) is 16.6. The van der Waals surface area contributed by atoms with Crippen LogP contribution in [0.5, 0.6) is 11.5 Å². The molecule has 0 saturated heterocycles. The van der Waals surface area contributed by atoms with Crippen molar-refractivity contribution in [3.05, 3.63) is 132 Å². The summed E-state index contributed by atoms with van der Waals surface area (Å²) < 4.78 is 32.5. The first-order valence-electron chi connectivity index (χ1n) is 19.1. The molecule has 0 aliphatic rings. The number of hydrogen-bond acceptors (Lipinski definition) is 9. The number of ether oxygens (including phenoxy) is 6. The third kappa shape index (κ3) is 14.7. The maximum Gasteiger partial charge on any atom is 0.519 e. The standard InChI is InChI=1S/C21H23NO3.C16H15NO.C10H18O5/c1-15-13-22(20(23)25-21(2,3)4)19-11-10-17(12-18(15)19)24-14-16-8-6-5-7-9-16;1-12-10-17-16-8-7-14(9-15(12)16)18-11-13-5-3-2-4-6-13;1-9(2,3)14-7(11)13-8(12)15-10(4,5)6/h5-13H,14H2,1-4H3;2-10,17H,11H2,1H3;1-6H3. The molecule has 2 heterocycles. The molecular weight excluding hydrogens is 737 g/mol. The molecule has 0 bridgehead atoms. The van der Waals surface area contributed by atoms with E-state index in [1.807, 2.05) is 107 Å².